The number of carbonyl (C=O) groups excluding carboxylic acids is 2. The van der Waals surface area contributed by atoms with Crippen LogP contribution in [0.5, 0.6) is 0 Å². The summed E-state index contributed by atoms with van der Waals surface area (Å²) in [5.41, 5.74) is 2.16. The number of hydrogen-bond donors (Lipinski definition) is 2. The van der Waals surface area contributed by atoms with Crippen LogP contribution in [-0.2, 0) is 19.6 Å². The summed E-state index contributed by atoms with van der Waals surface area (Å²) in [5, 5.41) is 5.15. The average Bonchev–Trinajstić information content (AvgIpc) is 2.70. The molecule has 2 amide bonds. The van der Waals surface area contributed by atoms with E-state index in [1.165, 1.54) is 22.5 Å². The lowest BCUT2D eigenvalue weighted by atomic mass is 10.2. The van der Waals surface area contributed by atoms with Gasteiger partial charge in [0.15, 0.2) is 0 Å². The van der Waals surface area contributed by atoms with E-state index in [-0.39, 0.29) is 23.5 Å². The number of amides is 2. The minimum atomic E-state index is -3.83. The number of nitrogens with one attached hydrogen (secondary N) is 2. The lowest BCUT2D eigenvalue weighted by Gasteiger charge is -2.24. The molecule has 0 atom stereocenters. The highest BCUT2D eigenvalue weighted by Crippen LogP contribution is 2.31. The molecule has 2 aromatic carbocycles. The van der Waals surface area contributed by atoms with Crippen molar-refractivity contribution in [3.8, 4) is 0 Å². The van der Waals surface area contributed by atoms with Gasteiger partial charge in [0.25, 0.3) is 10.0 Å². The fraction of sp³-hybridized carbons (Fsp3) is 0.222. The molecule has 0 fully saturated rings. The number of hydrogen-bond acceptors (Lipinski definition) is 4. The van der Waals surface area contributed by atoms with E-state index >= 15 is 0 Å². The number of anilines is 3. The van der Waals surface area contributed by atoms with Crippen molar-refractivity contribution >= 4 is 38.9 Å². The van der Waals surface area contributed by atoms with Crippen molar-refractivity contribution in [1.29, 1.82) is 0 Å². The second kappa shape index (κ2) is 6.80. The second-order valence-corrected chi connectivity index (χ2v) is 7.85. The van der Waals surface area contributed by atoms with Gasteiger partial charge in [-0.25, -0.2) is 8.42 Å². The third-order valence-electron chi connectivity index (χ3n) is 4.03. The Kier molecular flexibility index (Phi) is 4.69. The molecule has 136 valence electrons. The van der Waals surface area contributed by atoms with Gasteiger partial charge in [-0.15, -0.1) is 0 Å². The SMILES string of the molecule is CCN(c1cccc(C)c1)S(=O)(=O)c1ccc2c(c1)NC(=O)CC(=O)N2. The first-order chi connectivity index (χ1) is 12.3. The largest absolute Gasteiger partial charge is 0.324 e. The number of fused-ring (bicyclic) bond motifs is 1. The van der Waals surface area contributed by atoms with Crippen molar-refractivity contribution in [3.63, 3.8) is 0 Å². The molecule has 3 rings (SSSR count). The van der Waals surface area contributed by atoms with E-state index in [2.05, 4.69) is 10.6 Å². The van der Waals surface area contributed by atoms with E-state index in [4.69, 9.17) is 0 Å². The van der Waals surface area contributed by atoms with E-state index in [9.17, 15) is 18.0 Å². The second-order valence-electron chi connectivity index (χ2n) is 5.99. The summed E-state index contributed by atoms with van der Waals surface area (Å²) in [5.74, 6) is -0.923. The summed E-state index contributed by atoms with van der Waals surface area (Å²) in [7, 11) is -3.83. The number of aryl methyl sites for hydroxylation is 1. The number of carbonyl (C=O) groups is 2. The normalized spacial score (nSPS) is 14.1. The average molecular weight is 373 g/mol. The maximum atomic E-state index is 13.1. The van der Waals surface area contributed by atoms with Crippen LogP contribution in [0.15, 0.2) is 47.4 Å². The Labute approximate surface area is 152 Å². The molecule has 0 aliphatic carbocycles. The molecule has 1 aliphatic rings. The highest BCUT2D eigenvalue weighted by Gasteiger charge is 2.26. The van der Waals surface area contributed by atoms with Crippen molar-refractivity contribution in [2.45, 2.75) is 25.2 Å². The highest BCUT2D eigenvalue weighted by atomic mass is 32.2. The first kappa shape index (κ1) is 17.9. The lowest BCUT2D eigenvalue weighted by molar-refractivity contribution is -0.123. The molecule has 7 nitrogen and oxygen atoms in total. The zero-order valence-electron chi connectivity index (χ0n) is 14.4. The van der Waals surface area contributed by atoms with Gasteiger partial charge in [0.1, 0.15) is 6.42 Å². The molecular weight excluding hydrogens is 354 g/mol. The summed E-state index contributed by atoms with van der Waals surface area (Å²) in [6.45, 7) is 3.90. The third-order valence-corrected chi connectivity index (χ3v) is 5.92. The van der Waals surface area contributed by atoms with Crippen LogP contribution >= 0.6 is 0 Å². The van der Waals surface area contributed by atoms with Gasteiger partial charge in [0.2, 0.25) is 11.8 Å². The van der Waals surface area contributed by atoms with Crippen LogP contribution in [0, 0.1) is 6.92 Å². The van der Waals surface area contributed by atoms with Gasteiger partial charge in [-0.3, -0.25) is 13.9 Å². The van der Waals surface area contributed by atoms with Crippen LogP contribution in [0.3, 0.4) is 0 Å². The van der Waals surface area contributed by atoms with Crippen molar-refractivity contribution in [2.24, 2.45) is 0 Å². The molecule has 0 saturated carbocycles. The zero-order chi connectivity index (χ0) is 18.9. The Hall–Kier alpha value is -2.87. The van der Waals surface area contributed by atoms with Gasteiger partial charge < -0.3 is 10.6 Å². The van der Waals surface area contributed by atoms with E-state index < -0.39 is 21.8 Å². The fourth-order valence-electron chi connectivity index (χ4n) is 2.83. The number of nitrogens with zero attached hydrogens (tertiary/aromatic N) is 1. The van der Waals surface area contributed by atoms with Gasteiger partial charge >= 0.3 is 0 Å². The lowest BCUT2D eigenvalue weighted by Crippen LogP contribution is -2.30. The van der Waals surface area contributed by atoms with Gasteiger partial charge in [0.05, 0.1) is 22.0 Å². The van der Waals surface area contributed by atoms with Crippen molar-refractivity contribution in [2.75, 3.05) is 21.5 Å². The zero-order valence-corrected chi connectivity index (χ0v) is 15.3. The third kappa shape index (κ3) is 3.41. The Balaban J connectivity index is 2.04. The van der Waals surface area contributed by atoms with E-state index in [0.29, 0.717) is 11.4 Å². The highest BCUT2D eigenvalue weighted by molar-refractivity contribution is 7.92. The number of benzene rings is 2. The minimum absolute atomic E-state index is 0.0380. The van der Waals surface area contributed by atoms with Gasteiger partial charge in [-0.05, 0) is 49.7 Å². The summed E-state index contributed by atoms with van der Waals surface area (Å²) in [6, 6.07) is 11.5. The molecule has 0 aromatic heterocycles. The van der Waals surface area contributed by atoms with Crippen LogP contribution in [0.25, 0.3) is 0 Å². The molecule has 0 unspecified atom stereocenters. The Morgan fingerprint density at radius 1 is 1.00 bits per heavy atom. The van der Waals surface area contributed by atoms with Crippen molar-refractivity contribution in [3.05, 3.63) is 48.0 Å². The molecule has 2 aromatic rings. The Morgan fingerprint density at radius 2 is 1.69 bits per heavy atom. The quantitative estimate of drug-likeness (QED) is 0.805. The van der Waals surface area contributed by atoms with E-state index in [0.717, 1.165) is 5.56 Å². The van der Waals surface area contributed by atoms with Crippen molar-refractivity contribution in [1.82, 2.24) is 0 Å². The van der Waals surface area contributed by atoms with Crippen LogP contribution in [0.2, 0.25) is 0 Å². The number of sulfonamides is 1. The molecular formula is C18H19N3O4S. The summed E-state index contributed by atoms with van der Waals surface area (Å²) < 4.78 is 27.5. The Morgan fingerprint density at radius 3 is 2.35 bits per heavy atom. The predicted octanol–water partition coefficient (Wildman–Crippen LogP) is 2.49. The smallest absolute Gasteiger partial charge is 0.264 e. The Bertz CT molecular complexity index is 986. The molecule has 0 radical (unpaired) electrons. The maximum absolute atomic E-state index is 13.1. The molecule has 0 saturated heterocycles. The first-order valence-corrected chi connectivity index (χ1v) is 9.58. The maximum Gasteiger partial charge on any atom is 0.264 e. The minimum Gasteiger partial charge on any atom is -0.324 e. The molecule has 26 heavy (non-hydrogen) atoms. The van der Waals surface area contributed by atoms with Crippen molar-refractivity contribution < 1.29 is 18.0 Å². The van der Waals surface area contributed by atoms with Gasteiger partial charge in [-0.1, -0.05) is 12.1 Å². The number of rotatable bonds is 4. The molecule has 2 N–H and O–H groups in total. The fourth-order valence-corrected chi connectivity index (χ4v) is 4.32. The summed E-state index contributed by atoms with van der Waals surface area (Å²) in [6.07, 6.45) is -0.304. The molecule has 1 heterocycles. The van der Waals surface area contributed by atoms with E-state index in [1.54, 1.807) is 25.1 Å². The monoisotopic (exact) mass is 373 g/mol. The molecule has 8 heteroatoms. The molecule has 0 bridgehead atoms. The standard InChI is InChI=1S/C18H19N3O4S/c1-3-21(13-6-4-5-12(2)9-13)26(24,25)14-7-8-15-16(10-14)20-18(23)11-17(22)19-15/h4-10H,3,11H2,1-2H3,(H,19,22)(H,20,23). The summed E-state index contributed by atoms with van der Waals surface area (Å²) in [4.78, 5) is 23.4. The molecule has 1 aliphatic heterocycles. The summed E-state index contributed by atoms with van der Waals surface area (Å²) >= 11 is 0. The van der Waals surface area contributed by atoms with Crippen LogP contribution in [0.1, 0.15) is 18.9 Å². The van der Waals surface area contributed by atoms with Crippen LogP contribution in [-0.4, -0.2) is 26.8 Å². The van der Waals surface area contributed by atoms with Crippen LogP contribution < -0.4 is 14.9 Å². The van der Waals surface area contributed by atoms with E-state index in [1.807, 2.05) is 13.0 Å². The van der Waals surface area contributed by atoms with Gasteiger partial charge in [-0.2, -0.15) is 0 Å². The topological polar surface area (TPSA) is 95.6 Å². The van der Waals surface area contributed by atoms with Crippen LogP contribution in [0.4, 0.5) is 17.1 Å². The molecule has 0 spiro atoms. The predicted molar refractivity (Wildman–Crippen MR) is 99.7 cm³/mol. The van der Waals surface area contributed by atoms with Gasteiger partial charge in [0, 0.05) is 6.54 Å². The first-order valence-electron chi connectivity index (χ1n) is 8.14.